The molecule has 0 aliphatic carbocycles. The molecule has 1 aromatic heterocycles. The Kier molecular flexibility index (Phi) is 8.09. The van der Waals surface area contributed by atoms with E-state index in [4.69, 9.17) is 4.42 Å². The normalized spacial score (nSPS) is 13.7. The second-order valence-electron chi connectivity index (χ2n) is 9.76. The van der Waals surface area contributed by atoms with E-state index in [0.29, 0.717) is 29.3 Å². The van der Waals surface area contributed by atoms with Crippen LogP contribution in [0.15, 0.2) is 63.8 Å². The quantitative estimate of drug-likeness (QED) is 0.417. The largest absolute Gasteiger partial charge is 0.507 e. The monoisotopic (exact) mass is 449 g/mol. The average Bonchev–Trinajstić information content (AvgIpc) is 2.75. The van der Waals surface area contributed by atoms with Gasteiger partial charge in [-0.3, -0.25) is 4.79 Å². The molecule has 2 atom stereocenters. The second kappa shape index (κ2) is 10.8. The Morgan fingerprint density at radius 1 is 0.909 bits per heavy atom. The van der Waals surface area contributed by atoms with Gasteiger partial charge in [0.05, 0.1) is 10.9 Å². The predicted molar refractivity (Wildman–Crippen MR) is 133 cm³/mol. The Morgan fingerprint density at radius 3 is 2.06 bits per heavy atom. The van der Waals surface area contributed by atoms with Gasteiger partial charge >= 0.3 is 5.63 Å². The fourth-order valence-electron chi connectivity index (χ4n) is 4.69. The van der Waals surface area contributed by atoms with Crippen molar-refractivity contribution in [3.63, 3.8) is 0 Å². The van der Waals surface area contributed by atoms with Crippen LogP contribution in [0.4, 0.5) is 0 Å². The van der Waals surface area contributed by atoms with Crippen molar-refractivity contribution in [2.24, 2.45) is 17.8 Å². The number of carbonyl (C=O) groups is 1. The molecular formula is C28H35NO4. The first-order valence-electron chi connectivity index (χ1n) is 11.7. The maximum atomic E-state index is 13.2. The maximum absolute atomic E-state index is 13.2. The van der Waals surface area contributed by atoms with Gasteiger partial charge in [0.15, 0.2) is 0 Å². The minimum absolute atomic E-state index is 0.0201. The molecule has 0 saturated carbocycles. The number of rotatable bonds is 10. The molecular weight excluding hydrogens is 414 g/mol. The zero-order chi connectivity index (χ0) is 24.1. The van der Waals surface area contributed by atoms with Crippen LogP contribution in [0.5, 0.6) is 5.75 Å². The van der Waals surface area contributed by atoms with E-state index in [1.54, 1.807) is 31.2 Å². The van der Waals surface area contributed by atoms with Gasteiger partial charge in [-0.05, 0) is 36.5 Å². The Labute approximate surface area is 196 Å². The number of benzene rings is 2. The average molecular weight is 450 g/mol. The standard InChI is InChI=1S/C28H35NO4/c1-18(2)15-29(16-19(3)4)17-23(20(5)30)25(21-11-7-6-8-12-21)26-27(31)22-13-9-10-14-24(22)33-28(26)32/h6-14,18-19,23,25,31H,15-17H2,1-5H3/t23-,25-/m0/s1. The molecule has 1 heterocycles. The van der Waals surface area contributed by atoms with Crippen LogP contribution in [0.25, 0.3) is 11.0 Å². The fraction of sp³-hybridized carbons (Fsp3) is 0.429. The molecule has 0 aliphatic heterocycles. The lowest BCUT2D eigenvalue weighted by atomic mass is 9.78. The van der Waals surface area contributed by atoms with Crippen LogP contribution in [0.2, 0.25) is 0 Å². The van der Waals surface area contributed by atoms with Crippen LogP contribution in [-0.4, -0.2) is 35.4 Å². The van der Waals surface area contributed by atoms with Gasteiger partial charge < -0.3 is 14.4 Å². The number of hydrogen-bond donors (Lipinski definition) is 1. The highest BCUT2D eigenvalue weighted by molar-refractivity contribution is 5.86. The predicted octanol–water partition coefficient (Wildman–Crippen LogP) is 5.45. The minimum Gasteiger partial charge on any atom is -0.507 e. The zero-order valence-corrected chi connectivity index (χ0v) is 20.2. The maximum Gasteiger partial charge on any atom is 0.343 e. The molecule has 0 spiro atoms. The number of para-hydroxylation sites is 1. The number of carbonyl (C=O) groups excluding carboxylic acids is 1. The first-order valence-corrected chi connectivity index (χ1v) is 11.7. The number of nitrogens with zero attached hydrogens (tertiary/aromatic N) is 1. The molecule has 5 nitrogen and oxygen atoms in total. The van der Waals surface area contributed by atoms with E-state index in [1.807, 2.05) is 30.3 Å². The summed E-state index contributed by atoms with van der Waals surface area (Å²) in [7, 11) is 0. The highest BCUT2D eigenvalue weighted by Gasteiger charge is 2.35. The molecule has 1 N–H and O–H groups in total. The van der Waals surface area contributed by atoms with E-state index in [1.165, 1.54) is 0 Å². The van der Waals surface area contributed by atoms with Crippen LogP contribution >= 0.6 is 0 Å². The van der Waals surface area contributed by atoms with Crippen molar-refractivity contribution in [2.75, 3.05) is 19.6 Å². The van der Waals surface area contributed by atoms with E-state index >= 15 is 0 Å². The third-order valence-corrected chi connectivity index (χ3v) is 5.92. The topological polar surface area (TPSA) is 70.8 Å². The SMILES string of the molecule is CC(=O)[C@H](CN(CC(C)C)CC(C)C)[C@H](c1ccccc1)c1c(O)c2ccccc2oc1=O. The van der Waals surface area contributed by atoms with Crippen LogP contribution in [-0.2, 0) is 4.79 Å². The molecule has 176 valence electrons. The highest BCUT2D eigenvalue weighted by Crippen LogP contribution is 2.39. The number of aromatic hydroxyl groups is 1. The van der Waals surface area contributed by atoms with Crippen LogP contribution in [0.3, 0.4) is 0 Å². The number of ketones is 1. The summed E-state index contributed by atoms with van der Waals surface area (Å²) in [6, 6.07) is 16.4. The molecule has 0 amide bonds. The van der Waals surface area contributed by atoms with E-state index in [0.717, 1.165) is 18.7 Å². The summed E-state index contributed by atoms with van der Waals surface area (Å²) in [6.07, 6.45) is 0. The van der Waals surface area contributed by atoms with Gasteiger partial charge in [-0.15, -0.1) is 0 Å². The van der Waals surface area contributed by atoms with Crippen molar-refractivity contribution in [1.82, 2.24) is 4.90 Å². The van der Waals surface area contributed by atoms with Gasteiger partial charge in [-0.1, -0.05) is 70.2 Å². The van der Waals surface area contributed by atoms with Crippen molar-refractivity contribution in [3.8, 4) is 5.75 Å². The second-order valence-corrected chi connectivity index (χ2v) is 9.76. The van der Waals surface area contributed by atoms with E-state index < -0.39 is 17.5 Å². The summed E-state index contributed by atoms with van der Waals surface area (Å²) in [5.41, 5.74) is 0.681. The van der Waals surface area contributed by atoms with E-state index in [-0.39, 0.29) is 17.1 Å². The van der Waals surface area contributed by atoms with Crippen molar-refractivity contribution in [1.29, 1.82) is 0 Å². The number of fused-ring (bicyclic) bond motifs is 1. The fourth-order valence-corrected chi connectivity index (χ4v) is 4.69. The molecule has 33 heavy (non-hydrogen) atoms. The third-order valence-electron chi connectivity index (χ3n) is 5.92. The van der Waals surface area contributed by atoms with Crippen LogP contribution in [0.1, 0.15) is 51.7 Å². The Balaban J connectivity index is 2.19. The highest BCUT2D eigenvalue weighted by atomic mass is 16.4. The minimum atomic E-state index is -0.619. The Morgan fingerprint density at radius 2 is 1.48 bits per heavy atom. The molecule has 0 aliphatic rings. The van der Waals surface area contributed by atoms with Crippen molar-refractivity contribution in [3.05, 3.63) is 76.1 Å². The van der Waals surface area contributed by atoms with Gasteiger partial charge in [0.25, 0.3) is 0 Å². The summed E-state index contributed by atoms with van der Waals surface area (Å²) in [6.45, 7) is 12.4. The van der Waals surface area contributed by atoms with E-state index in [2.05, 4.69) is 32.6 Å². The van der Waals surface area contributed by atoms with Crippen molar-refractivity contribution in [2.45, 2.75) is 40.5 Å². The lowest BCUT2D eigenvalue weighted by Gasteiger charge is -2.33. The number of hydrogen-bond acceptors (Lipinski definition) is 5. The lowest BCUT2D eigenvalue weighted by molar-refractivity contribution is -0.121. The molecule has 3 rings (SSSR count). The summed E-state index contributed by atoms with van der Waals surface area (Å²) < 4.78 is 5.60. The smallest absolute Gasteiger partial charge is 0.343 e. The Bertz CT molecular complexity index is 1120. The van der Waals surface area contributed by atoms with Crippen molar-refractivity contribution >= 4 is 16.8 Å². The first-order chi connectivity index (χ1) is 15.7. The molecule has 0 unspecified atom stereocenters. The van der Waals surface area contributed by atoms with Gasteiger partial charge in [0, 0.05) is 31.5 Å². The molecule has 5 heteroatoms. The summed E-state index contributed by atoms with van der Waals surface area (Å²) in [5, 5.41) is 11.7. The molecule has 0 bridgehead atoms. The Hall–Kier alpha value is -2.92. The van der Waals surface area contributed by atoms with Gasteiger partial charge in [0.1, 0.15) is 17.1 Å². The third kappa shape index (κ3) is 5.91. The summed E-state index contributed by atoms with van der Waals surface area (Å²) in [5.74, 6) is -0.392. The number of Topliss-reactive ketones (excluding diaryl/α,β-unsaturated/α-hetero) is 1. The molecule has 2 aromatic carbocycles. The molecule has 0 radical (unpaired) electrons. The molecule has 0 fully saturated rings. The van der Waals surface area contributed by atoms with Crippen molar-refractivity contribution < 1.29 is 14.3 Å². The van der Waals surface area contributed by atoms with E-state index in [9.17, 15) is 14.7 Å². The van der Waals surface area contributed by atoms with Crippen LogP contribution in [0, 0.1) is 17.8 Å². The molecule has 0 saturated heterocycles. The van der Waals surface area contributed by atoms with Crippen LogP contribution < -0.4 is 5.63 Å². The first kappa shape index (κ1) is 24.7. The summed E-state index contributed by atoms with van der Waals surface area (Å²) >= 11 is 0. The molecule has 3 aromatic rings. The lowest BCUT2D eigenvalue weighted by Crippen LogP contribution is -2.40. The zero-order valence-electron chi connectivity index (χ0n) is 20.2. The van der Waals surface area contributed by atoms with Gasteiger partial charge in [0.2, 0.25) is 0 Å². The van der Waals surface area contributed by atoms with Gasteiger partial charge in [-0.2, -0.15) is 0 Å². The summed E-state index contributed by atoms with van der Waals surface area (Å²) in [4.78, 5) is 28.6. The van der Waals surface area contributed by atoms with Gasteiger partial charge in [-0.25, -0.2) is 4.79 Å².